The molecule has 1 N–H and O–H groups in total. The first-order chi connectivity index (χ1) is 8.34. The number of rotatable bonds is 4. The lowest BCUT2D eigenvalue weighted by molar-refractivity contribution is -0.138. The zero-order valence-corrected chi connectivity index (χ0v) is 11.1. The van der Waals surface area contributed by atoms with Gasteiger partial charge in [0.15, 0.2) is 6.61 Å². The molecule has 0 saturated carbocycles. The van der Waals surface area contributed by atoms with E-state index in [-0.39, 0.29) is 22.7 Å². The number of ether oxygens (including phenoxy) is 1. The van der Waals surface area contributed by atoms with E-state index in [9.17, 15) is 18.0 Å². The molecule has 0 aliphatic heterocycles. The molecule has 0 saturated heterocycles. The van der Waals surface area contributed by atoms with E-state index in [0.717, 1.165) is 6.07 Å². The summed E-state index contributed by atoms with van der Waals surface area (Å²) in [5.74, 6) is -0.384. The zero-order chi connectivity index (χ0) is 13.8. The molecule has 18 heavy (non-hydrogen) atoms. The van der Waals surface area contributed by atoms with E-state index < -0.39 is 11.7 Å². The molecular formula is C11H11BrF3NO2. The molecule has 0 atom stereocenters. The summed E-state index contributed by atoms with van der Waals surface area (Å²) in [6, 6.07) is 3.44. The maximum absolute atomic E-state index is 12.6. The molecule has 0 radical (unpaired) electrons. The van der Waals surface area contributed by atoms with Gasteiger partial charge in [0.05, 0.1) is 5.56 Å². The van der Waals surface area contributed by atoms with Crippen molar-refractivity contribution in [3.63, 3.8) is 0 Å². The van der Waals surface area contributed by atoms with E-state index in [2.05, 4.69) is 21.2 Å². The largest absolute Gasteiger partial charge is 0.484 e. The fourth-order valence-corrected chi connectivity index (χ4v) is 1.68. The first-order valence-electron chi connectivity index (χ1n) is 5.11. The molecule has 1 aromatic rings. The summed E-state index contributed by atoms with van der Waals surface area (Å²) < 4.78 is 42.7. The summed E-state index contributed by atoms with van der Waals surface area (Å²) in [7, 11) is 0. The molecule has 7 heteroatoms. The lowest BCUT2D eigenvalue weighted by Crippen LogP contribution is -2.28. The summed E-state index contributed by atoms with van der Waals surface area (Å²) in [4.78, 5) is 11.1. The Balaban J connectivity index is 2.77. The van der Waals surface area contributed by atoms with Crippen LogP contribution >= 0.6 is 15.9 Å². The Morgan fingerprint density at radius 3 is 2.67 bits per heavy atom. The number of halogens is 4. The number of hydrogen-bond acceptors (Lipinski definition) is 2. The fraction of sp³-hybridized carbons (Fsp3) is 0.364. The minimum Gasteiger partial charge on any atom is -0.484 e. The number of nitrogens with one attached hydrogen (secondary N) is 1. The van der Waals surface area contributed by atoms with Gasteiger partial charge in [0.2, 0.25) is 0 Å². The standard InChI is InChI=1S/C11H11BrF3NO2/c1-2-16-10(17)6-18-7-3-4-9(12)8(5-7)11(13,14)15/h3-5H,2,6H2,1H3,(H,16,17). The van der Waals surface area contributed by atoms with Crippen molar-refractivity contribution in [2.75, 3.05) is 13.2 Å². The van der Waals surface area contributed by atoms with E-state index in [4.69, 9.17) is 4.74 Å². The maximum Gasteiger partial charge on any atom is 0.417 e. The number of hydrogen-bond donors (Lipinski definition) is 1. The SMILES string of the molecule is CCNC(=O)COc1ccc(Br)c(C(F)(F)F)c1. The number of likely N-dealkylation sites (N-methyl/N-ethyl adjacent to an activating group) is 1. The van der Waals surface area contributed by atoms with Gasteiger partial charge in [0.25, 0.3) is 5.91 Å². The average molecular weight is 326 g/mol. The van der Waals surface area contributed by atoms with Crippen molar-refractivity contribution in [2.24, 2.45) is 0 Å². The molecule has 0 spiro atoms. The van der Waals surface area contributed by atoms with E-state index in [1.165, 1.54) is 12.1 Å². The Morgan fingerprint density at radius 2 is 2.11 bits per heavy atom. The normalized spacial score (nSPS) is 11.2. The van der Waals surface area contributed by atoms with Crippen LogP contribution in [0.4, 0.5) is 13.2 Å². The summed E-state index contributed by atoms with van der Waals surface area (Å²) >= 11 is 2.82. The van der Waals surface area contributed by atoms with E-state index in [0.29, 0.717) is 6.54 Å². The molecule has 3 nitrogen and oxygen atoms in total. The lowest BCUT2D eigenvalue weighted by Gasteiger charge is -2.12. The van der Waals surface area contributed by atoms with Crippen molar-refractivity contribution in [3.05, 3.63) is 28.2 Å². The van der Waals surface area contributed by atoms with Gasteiger partial charge in [-0.25, -0.2) is 0 Å². The lowest BCUT2D eigenvalue weighted by atomic mass is 10.2. The van der Waals surface area contributed by atoms with Crippen LogP contribution in [0.25, 0.3) is 0 Å². The Hall–Kier alpha value is -1.24. The zero-order valence-electron chi connectivity index (χ0n) is 9.47. The molecule has 0 fully saturated rings. The Kier molecular flexibility index (Phi) is 5.01. The topological polar surface area (TPSA) is 38.3 Å². The number of alkyl halides is 3. The number of benzene rings is 1. The maximum atomic E-state index is 12.6. The summed E-state index contributed by atoms with van der Waals surface area (Å²) in [5.41, 5.74) is -0.837. The highest BCUT2D eigenvalue weighted by Gasteiger charge is 2.33. The van der Waals surface area contributed by atoms with Crippen LogP contribution in [0.2, 0.25) is 0 Å². The van der Waals surface area contributed by atoms with Gasteiger partial charge in [0, 0.05) is 11.0 Å². The highest BCUT2D eigenvalue weighted by Crippen LogP contribution is 2.36. The molecule has 100 valence electrons. The molecule has 0 heterocycles. The van der Waals surface area contributed by atoms with Gasteiger partial charge in [-0.1, -0.05) is 15.9 Å². The highest BCUT2D eigenvalue weighted by atomic mass is 79.9. The molecule has 1 aromatic carbocycles. The van der Waals surface area contributed by atoms with Crippen molar-refractivity contribution >= 4 is 21.8 Å². The van der Waals surface area contributed by atoms with Crippen LogP contribution in [-0.4, -0.2) is 19.1 Å². The van der Waals surface area contributed by atoms with Gasteiger partial charge in [0.1, 0.15) is 5.75 Å². The first-order valence-corrected chi connectivity index (χ1v) is 5.90. The molecule has 0 aliphatic carbocycles. The van der Waals surface area contributed by atoms with Gasteiger partial charge in [-0.3, -0.25) is 4.79 Å². The van der Waals surface area contributed by atoms with Crippen LogP contribution in [0.3, 0.4) is 0 Å². The second-order valence-electron chi connectivity index (χ2n) is 3.38. The van der Waals surface area contributed by atoms with Crippen LogP contribution in [0, 0.1) is 0 Å². The van der Waals surface area contributed by atoms with Gasteiger partial charge < -0.3 is 10.1 Å². The predicted octanol–water partition coefficient (Wildman–Crippen LogP) is 2.98. The molecular weight excluding hydrogens is 315 g/mol. The van der Waals surface area contributed by atoms with Crippen molar-refractivity contribution in [1.82, 2.24) is 5.32 Å². The first kappa shape index (κ1) is 14.8. The van der Waals surface area contributed by atoms with Crippen LogP contribution in [-0.2, 0) is 11.0 Å². The van der Waals surface area contributed by atoms with Gasteiger partial charge in [-0.15, -0.1) is 0 Å². The van der Waals surface area contributed by atoms with Crippen LogP contribution in [0.15, 0.2) is 22.7 Å². The van der Waals surface area contributed by atoms with Crippen molar-refractivity contribution in [1.29, 1.82) is 0 Å². The molecule has 0 aromatic heterocycles. The third-order valence-electron chi connectivity index (χ3n) is 1.99. The fourth-order valence-electron chi connectivity index (χ4n) is 1.21. The van der Waals surface area contributed by atoms with E-state index in [1.807, 2.05) is 0 Å². The van der Waals surface area contributed by atoms with Crippen molar-refractivity contribution < 1.29 is 22.7 Å². The van der Waals surface area contributed by atoms with Crippen LogP contribution in [0.5, 0.6) is 5.75 Å². The molecule has 0 aliphatic rings. The molecule has 1 rings (SSSR count). The smallest absolute Gasteiger partial charge is 0.417 e. The second kappa shape index (κ2) is 6.08. The van der Waals surface area contributed by atoms with Crippen molar-refractivity contribution in [3.8, 4) is 5.75 Å². The summed E-state index contributed by atoms with van der Waals surface area (Å²) in [6.45, 7) is 1.86. The Bertz CT molecular complexity index is 435. The van der Waals surface area contributed by atoms with E-state index in [1.54, 1.807) is 6.92 Å². The minimum absolute atomic E-state index is 0.00298. The van der Waals surface area contributed by atoms with Crippen LogP contribution in [0.1, 0.15) is 12.5 Å². The Morgan fingerprint density at radius 1 is 1.44 bits per heavy atom. The van der Waals surface area contributed by atoms with E-state index >= 15 is 0 Å². The number of carbonyl (C=O) groups excluding carboxylic acids is 1. The second-order valence-corrected chi connectivity index (χ2v) is 4.24. The minimum atomic E-state index is -4.47. The Labute approximate surface area is 110 Å². The monoisotopic (exact) mass is 325 g/mol. The summed E-state index contributed by atoms with van der Waals surface area (Å²) in [5, 5.41) is 2.48. The molecule has 0 bridgehead atoms. The van der Waals surface area contributed by atoms with Crippen molar-refractivity contribution in [2.45, 2.75) is 13.1 Å². The quantitative estimate of drug-likeness (QED) is 0.924. The van der Waals surface area contributed by atoms with Gasteiger partial charge in [-0.05, 0) is 25.1 Å². The van der Waals surface area contributed by atoms with Gasteiger partial charge >= 0.3 is 6.18 Å². The average Bonchev–Trinajstić information content (AvgIpc) is 2.27. The number of amides is 1. The van der Waals surface area contributed by atoms with Crippen LogP contribution < -0.4 is 10.1 Å². The van der Waals surface area contributed by atoms with Gasteiger partial charge in [-0.2, -0.15) is 13.2 Å². The molecule has 0 unspecified atom stereocenters. The number of carbonyl (C=O) groups is 1. The predicted molar refractivity (Wildman–Crippen MR) is 63.3 cm³/mol. The summed E-state index contributed by atoms with van der Waals surface area (Å²) in [6.07, 6.45) is -4.47. The third kappa shape index (κ3) is 4.21. The third-order valence-corrected chi connectivity index (χ3v) is 2.68. The molecule has 1 amide bonds. The highest BCUT2D eigenvalue weighted by molar-refractivity contribution is 9.10.